The number of carbonyl (C=O) groups excluding carboxylic acids is 2. The van der Waals surface area contributed by atoms with Gasteiger partial charge in [0.05, 0.1) is 0 Å². The van der Waals surface area contributed by atoms with Crippen molar-refractivity contribution >= 4 is 39.0 Å². The van der Waals surface area contributed by atoms with Crippen LogP contribution in [-0.2, 0) is 4.79 Å². The Kier molecular flexibility index (Phi) is 4.81. The molecular weight excluding hydrogens is 396 g/mol. The summed E-state index contributed by atoms with van der Waals surface area (Å²) in [4.78, 5) is 29.2. The normalized spacial score (nSPS) is 29.0. The van der Waals surface area contributed by atoms with Gasteiger partial charge in [-0.2, -0.15) is 0 Å². The summed E-state index contributed by atoms with van der Waals surface area (Å²) in [5.74, 6) is 1.76. The zero-order valence-electron chi connectivity index (χ0n) is 17.2. The summed E-state index contributed by atoms with van der Waals surface area (Å²) in [6, 6.07) is 7.90. The number of amides is 2. The van der Waals surface area contributed by atoms with Gasteiger partial charge < -0.3 is 16.4 Å². The maximum atomic E-state index is 13.0. The number of benzene rings is 1. The van der Waals surface area contributed by atoms with Crippen LogP contribution in [0.1, 0.15) is 61.0 Å². The predicted molar refractivity (Wildman–Crippen MR) is 119 cm³/mol. The minimum Gasteiger partial charge on any atom is -0.364 e. The quantitative estimate of drug-likeness (QED) is 0.618. The van der Waals surface area contributed by atoms with Crippen LogP contribution in [0, 0.1) is 30.1 Å². The molecule has 0 aliphatic heterocycles. The fourth-order valence-electron chi connectivity index (χ4n) is 6.40. The summed E-state index contributed by atoms with van der Waals surface area (Å²) < 4.78 is 0. The molecule has 1 aromatic heterocycles. The second-order valence-electron chi connectivity index (χ2n) is 9.69. The van der Waals surface area contributed by atoms with Gasteiger partial charge in [-0.05, 0) is 80.8 Å². The monoisotopic (exact) mass is 424 g/mol. The highest BCUT2D eigenvalue weighted by atomic mass is 32.1. The smallest absolute Gasteiger partial charge is 0.270 e. The van der Waals surface area contributed by atoms with E-state index >= 15 is 0 Å². The van der Waals surface area contributed by atoms with Crippen molar-refractivity contribution in [3.63, 3.8) is 0 Å². The maximum Gasteiger partial charge on any atom is 0.270 e. The van der Waals surface area contributed by atoms with Crippen molar-refractivity contribution in [2.24, 2.45) is 28.9 Å². The molecule has 0 spiro atoms. The van der Waals surface area contributed by atoms with Crippen LogP contribution in [-0.4, -0.2) is 16.8 Å². The van der Waals surface area contributed by atoms with Crippen LogP contribution in [0.5, 0.6) is 0 Å². The third kappa shape index (κ3) is 3.83. The van der Waals surface area contributed by atoms with Crippen LogP contribution in [0.3, 0.4) is 0 Å². The number of thiazole rings is 1. The minimum atomic E-state index is -0.631. The number of carbonyl (C=O) groups is 2. The van der Waals surface area contributed by atoms with Crippen molar-refractivity contribution in [1.29, 1.82) is 0 Å². The fourth-order valence-corrected chi connectivity index (χ4v) is 7.31. The van der Waals surface area contributed by atoms with Crippen molar-refractivity contribution in [3.05, 3.63) is 35.5 Å². The first-order chi connectivity index (χ1) is 14.4. The van der Waals surface area contributed by atoms with Gasteiger partial charge in [-0.3, -0.25) is 9.59 Å². The molecule has 2 amide bonds. The second kappa shape index (κ2) is 7.38. The molecule has 1 aromatic carbocycles. The van der Waals surface area contributed by atoms with Crippen molar-refractivity contribution < 1.29 is 9.59 Å². The molecule has 0 unspecified atom stereocenters. The van der Waals surface area contributed by atoms with Gasteiger partial charge in [-0.1, -0.05) is 29.0 Å². The zero-order valence-corrected chi connectivity index (χ0v) is 18.1. The molecule has 4 bridgehead atoms. The van der Waals surface area contributed by atoms with Gasteiger partial charge in [0.15, 0.2) is 10.8 Å². The van der Waals surface area contributed by atoms with Gasteiger partial charge in [0.2, 0.25) is 5.91 Å². The van der Waals surface area contributed by atoms with E-state index in [1.807, 2.05) is 31.2 Å². The molecule has 30 heavy (non-hydrogen) atoms. The number of anilines is 3. The van der Waals surface area contributed by atoms with Crippen LogP contribution in [0.15, 0.2) is 24.3 Å². The number of primary amides is 1. The lowest BCUT2D eigenvalue weighted by molar-refractivity contribution is -0.124. The van der Waals surface area contributed by atoms with E-state index in [0.717, 1.165) is 29.0 Å². The first-order valence-corrected chi connectivity index (χ1v) is 11.6. The van der Waals surface area contributed by atoms with E-state index in [1.165, 1.54) is 49.9 Å². The van der Waals surface area contributed by atoms with Crippen molar-refractivity contribution in [3.8, 4) is 0 Å². The van der Waals surface area contributed by atoms with Gasteiger partial charge in [0.1, 0.15) is 5.00 Å². The number of nitrogens with zero attached hydrogens (tertiary/aromatic N) is 1. The Morgan fingerprint density at radius 3 is 2.27 bits per heavy atom. The van der Waals surface area contributed by atoms with E-state index in [-0.39, 0.29) is 17.0 Å². The van der Waals surface area contributed by atoms with E-state index in [9.17, 15) is 9.59 Å². The average molecular weight is 425 g/mol. The minimum absolute atomic E-state index is 0.0232. The Labute approximate surface area is 180 Å². The highest BCUT2D eigenvalue weighted by molar-refractivity contribution is 7.20. The maximum absolute atomic E-state index is 13.0. The summed E-state index contributed by atoms with van der Waals surface area (Å²) in [5.41, 5.74) is 7.84. The molecule has 6 nitrogen and oxygen atoms in total. The lowest BCUT2D eigenvalue weighted by Crippen LogP contribution is -2.47. The SMILES string of the molecule is Cc1ccc(Nc2nc(C(N)=O)c(NC(=O)CC34CC5CC(CC(C5)C3)C4)s2)cc1. The predicted octanol–water partition coefficient (Wildman–Crippen LogP) is 4.84. The molecule has 4 aliphatic rings. The number of aryl methyl sites for hydroxylation is 1. The Balaban J connectivity index is 1.30. The third-order valence-corrected chi connectivity index (χ3v) is 8.00. The fraction of sp³-hybridized carbons (Fsp3) is 0.522. The number of nitrogens with one attached hydrogen (secondary N) is 2. The van der Waals surface area contributed by atoms with Gasteiger partial charge in [-0.25, -0.2) is 4.98 Å². The van der Waals surface area contributed by atoms with Gasteiger partial charge in [-0.15, -0.1) is 0 Å². The number of aromatic nitrogens is 1. The van der Waals surface area contributed by atoms with Gasteiger partial charge >= 0.3 is 0 Å². The largest absolute Gasteiger partial charge is 0.364 e. The standard InChI is InChI=1S/C23H28N4O2S/c1-13-2-4-17(5-3-13)25-22-27-19(20(24)29)21(30-22)26-18(28)12-23-9-14-6-15(10-23)8-16(7-14)11-23/h2-5,14-16H,6-12H2,1H3,(H2,24,29)(H,25,27)(H,26,28). The molecule has 0 radical (unpaired) electrons. The van der Waals surface area contributed by atoms with Crippen molar-refractivity contribution in [2.45, 2.75) is 51.9 Å². The molecule has 4 fully saturated rings. The zero-order chi connectivity index (χ0) is 20.9. The van der Waals surface area contributed by atoms with Crippen LogP contribution in [0.4, 0.5) is 15.8 Å². The Bertz CT molecular complexity index is 946. The molecule has 0 saturated heterocycles. The van der Waals surface area contributed by atoms with Gasteiger partial charge in [0, 0.05) is 12.1 Å². The Hall–Kier alpha value is -2.41. The van der Waals surface area contributed by atoms with Crippen LogP contribution in [0.2, 0.25) is 0 Å². The average Bonchev–Trinajstić information content (AvgIpc) is 3.04. The number of hydrogen-bond donors (Lipinski definition) is 3. The van der Waals surface area contributed by atoms with E-state index in [0.29, 0.717) is 16.6 Å². The molecule has 158 valence electrons. The number of rotatable bonds is 6. The van der Waals surface area contributed by atoms with E-state index in [2.05, 4.69) is 15.6 Å². The molecule has 1 heterocycles. The summed E-state index contributed by atoms with van der Waals surface area (Å²) in [5, 5.41) is 7.13. The van der Waals surface area contributed by atoms with E-state index in [4.69, 9.17) is 5.73 Å². The second-order valence-corrected chi connectivity index (χ2v) is 10.7. The number of hydrogen-bond acceptors (Lipinski definition) is 5. The molecule has 2 aromatic rings. The Morgan fingerprint density at radius 2 is 1.70 bits per heavy atom. The summed E-state index contributed by atoms with van der Waals surface area (Å²) >= 11 is 1.25. The van der Waals surface area contributed by atoms with E-state index in [1.54, 1.807) is 0 Å². The topological polar surface area (TPSA) is 97.1 Å². The molecule has 4 N–H and O–H groups in total. The molecule has 4 saturated carbocycles. The molecule has 4 aliphatic carbocycles. The molecule has 7 heteroatoms. The highest BCUT2D eigenvalue weighted by Crippen LogP contribution is 2.61. The van der Waals surface area contributed by atoms with Gasteiger partial charge in [0.25, 0.3) is 5.91 Å². The molecule has 6 rings (SSSR count). The summed E-state index contributed by atoms with van der Waals surface area (Å²) in [7, 11) is 0. The van der Waals surface area contributed by atoms with Crippen LogP contribution >= 0.6 is 11.3 Å². The van der Waals surface area contributed by atoms with Crippen LogP contribution < -0.4 is 16.4 Å². The van der Waals surface area contributed by atoms with E-state index < -0.39 is 5.91 Å². The van der Waals surface area contributed by atoms with Crippen molar-refractivity contribution in [1.82, 2.24) is 4.98 Å². The third-order valence-electron chi connectivity index (χ3n) is 7.12. The highest BCUT2D eigenvalue weighted by Gasteiger charge is 2.51. The molecular formula is C23H28N4O2S. The molecule has 0 atom stereocenters. The lowest BCUT2D eigenvalue weighted by Gasteiger charge is -2.56. The first kappa shape index (κ1) is 19.5. The lowest BCUT2D eigenvalue weighted by atomic mass is 9.49. The first-order valence-electron chi connectivity index (χ1n) is 10.8. The van der Waals surface area contributed by atoms with Crippen LogP contribution in [0.25, 0.3) is 0 Å². The summed E-state index contributed by atoms with van der Waals surface area (Å²) in [6.45, 7) is 2.02. The Morgan fingerprint density at radius 1 is 1.10 bits per heavy atom. The summed E-state index contributed by atoms with van der Waals surface area (Å²) in [6.07, 6.45) is 8.14. The number of nitrogens with two attached hydrogens (primary N) is 1. The van der Waals surface area contributed by atoms with Crippen molar-refractivity contribution in [2.75, 3.05) is 10.6 Å².